The molecule has 1 fully saturated rings. The Kier molecular flexibility index (Phi) is 4.46. The van der Waals surface area contributed by atoms with Crippen molar-refractivity contribution in [3.8, 4) is 0 Å². The third-order valence-electron chi connectivity index (χ3n) is 3.17. The molecular formula is C14H20BrFN2O. The molecule has 1 atom stereocenters. The maximum absolute atomic E-state index is 13.7. The van der Waals surface area contributed by atoms with Gasteiger partial charge in [0.25, 0.3) is 0 Å². The van der Waals surface area contributed by atoms with Crippen LogP contribution in [0.5, 0.6) is 0 Å². The van der Waals surface area contributed by atoms with Gasteiger partial charge in [0.05, 0.1) is 17.9 Å². The molecule has 1 saturated heterocycles. The van der Waals surface area contributed by atoms with Crippen LogP contribution in [-0.4, -0.2) is 30.3 Å². The van der Waals surface area contributed by atoms with E-state index in [2.05, 4.69) is 41.7 Å². The van der Waals surface area contributed by atoms with Crippen LogP contribution in [0.3, 0.4) is 0 Å². The third kappa shape index (κ3) is 4.14. The number of hydrogen-bond acceptors (Lipinski definition) is 3. The van der Waals surface area contributed by atoms with E-state index in [-0.39, 0.29) is 5.60 Å². The van der Waals surface area contributed by atoms with Gasteiger partial charge in [0.15, 0.2) is 0 Å². The van der Waals surface area contributed by atoms with Crippen LogP contribution in [0.1, 0.15) is 27.2 Å². The predicted octanol–water partition coefficient (Wildman–Crippen LogP) is 3.62. The first kappa shape index (κ1) is 14.7. The average molecular weight is 331 g/mol. The minimum absolute atomic E-state index is 0.115. The van der Waals surface area contributed by atoms with Crippen molar-refractivity contribution in [2.75, 3.05) is 24.6 Å². The second kappa shape index (κ2) is 5.75. The van der Waals surface area contributed by atoms with E-state index in [0.29, 0.717) is 11.6 Å². The van der Waals surface area contributed by atoms with Crippen LogP contribution >= 0.6 is 15.9 Å². The van der Waals surface area contributed by atoms with E-state index in [1.807, 2.05) is 4.90 Å². The summed E-state index contributed by atoms with van der Waals surface area (Å²) in [4.78, 5) is 5.79. The quantitative estimate of drug-likeness (QED) is 0.791. The van der Waals surface area contributed by atoms with Gasteiger partial charge in [-0.05, 0) is 49.2 Å². The number of halogens is 2. The first-order chi connectivity index (χ1) is 8.85. The van der Waals surface area contributed by atoms with E-state index in [9.17, 15) is 4.39 Å². The molecule has 1 aliphatic heterocycles. The van der Waals surface area contributed by atoms with E-state index >= 15 is 0 Å². The SMILES string of the molecule is CC(C)(C)OC[C@@H]1CCN(c2cc(Br)cnc2F)C1. The first-order valence-corrected chi connectivity index (χ1v) is 7.34. The molecular weight excluding hydrogens is 311 g/mol. The van der Waals surface area contributed by atoms with Crippen LogP contribution in [-0.2, 0) is 4.74 Å². The molecule has 0 saturated carbocycles. The van der Waals surface area contributed by atoms with Crippen molar-refractivity contribution in [3.05, 3.63) is 22.7 Å². The number of nitrogens with zero attached hydrogens (tertiary/aromatic N) is 2. The van der Waals surface area contributed by atoms with Crippen LogP contribution in [0.2, 0.25) is 0 Å². The number of ether oxygens (including phenoxy) is 1. The van der Waals surface area contributed by atoms with Crippen LogP contribution in [0.15, 0.2) is 16.7 Å². The standard InChI is InChI=1S/C14H20BrFN2O/c1-14(2,3)19-9-10-4-5-18(8-10)12-6-11(15)7-17-13(12)16/h6-7,10H,4-5,8-9H2,1-3H3/t10-/m1/s1. The molecule has 0 unspecified atom stereocenters. The Hall–Kier alpha value is -0.680. The highest BCUT2D eigenvalue weighted by molar-refractivity contribution is 9.10. The molecule has 1 aromatic heterocycles. The van der Waals surface area contributed by atoms with Crippen molar-refractivity contribution in [1.29, 1.82) is 0 Å². The van der Waals surface area contributed by atoms with Gasteiger partial charge in [-0.3, -0.25) is 0 Å². The van der Waals surface area contributed by atoms with Crippen molar-refractivity contribution in [1.82, 2.24) is 4.98 Å². The molecule has 0 aromatic carbocycles. The summed E-state index contributed by atoms with van der Waals surface area (Å²) >= 11 is 3.33. The molecule has 0 amide bonds. The number of aromatic nitrogens is 1. The predicted molar refractivity (Wildman–Crippen MR) is 77.9 cm³/mol. The molecule has 2 rings (SSSR count). The van der Waals surface area contributed by atoms with Gasteiger partial charge < -0.3 is 9.64 Å². The summed E-state index contributed by atoms with van der Waals surface area (Å²) in [5, 5.41) is 0. The zero-order valence-corrected chi connectivity index (χ0v) is 13.2. The lowest BCUT2D eigenvalue weighted by Crippen LogP contribution is -2.26. The first-order valence-electron chi connectivity index (χ1n) is 6.55. The number of anilines is 1. The maximum Gasteiger partial charge on any atom is 0.236 e. The second-order valence-electron chi connectivity index (χ2n) is 5.99. The van der Waals surface area contributed by atoms with Crippen LogP contribution < -0.4 is 4.90 Å². The topological polar surface area (TPSA) is 25.4 Å². The molecule has 19 heavy (non-hydrogen) atoms. The highest BCUT2D eigenvalue weighted by atomic mass is 79.9. The van der Waals surface area contributed by atoms with Crippen molar-refractivity contribution in [2.45, 2.75) is 32.8 Å². The minimum Gasteiger partial charge on any atom is -0.376 e. The van der Waals surface area contributed by atoms with Crippen molar-refractivity contribution in [3.63, 3.8) is 0 Å². The number of hydrogen-bond donors (Lipinski definition) is 0. The van der Waals surface area contributed by atoms with E-state index in [1.54, 1.807) is 6.07 Å². The molecule has 1 aliphatic rings. The molecule has 0 spiro atoms. The summed E-state index contributed by atoms with van der Waals surface area (Å²) in [6.45, 7) is 8.56. The monoisotopic (exact) mass is 330 g/mol. The third-order valence-corrected chi connectivity index (χ3v) is 3.60. The lowest BCUT2D eigenvalue weighted by Gasteiger charge is -2.23. The van der Waals surface area contributed by atoms with E-state index in [4.69, 9.17) is 4.74 Å². The van der Waals surface area contributed by atoms with Gasteiger partial charge in [0, 0.05) is 29.7 Å². The van der Waals surface area contributed by atoms with Crippen molar-refractivity contribution < 1.29 is 9.13 Å². The Balaban J connectivity index is 1.96. The Labute approximate surface area is 122 Å². The minimum atomic E-state index is -0.402. The highest BCUT2D eigenvalue weighted by Gasteiger charge is 2.26. The number of rotatable bonds is 3. The zero-order valence-electron chi connectivity index (χ0n) is 11.6. The fraction of sp³-hybridized carbons (Fsp3) is 0.643. The summed E-state index contributed by atoms with van der Waals surface area (Å²) < 4.78 is 20.3. The van der Waals surface area contributed by atoms with Gasteiger partial charge in [-0.2, -0.15) is 4.39 Å². The van der Waals surface area contributed by atoms with Gasteiger partial charge in [0.1, 0.15) is 0 Å². The van der Waals surface area contributed by atoms with Crippen molar-refractivity contribution in [2.24, 2.45) is 5.92 Å². The smallest absolute Gasteiger partial charge is 0.236 e. The largest absolute Gasteiger partial charge is 0.376 e. The lowest BCUT2D eigenvalue weighted by atomic mass is 10.1. The summed E-state index contributed by atoms with van der Waals surface area (Å²) in [5.74, 6) is 0.0539. The van der Waals surface area contributed by atoms with Gasteiger partial charge in [0.2, 0.25) is 5.95 Å². The molecule has 0 aliphatic carbocycles. The molecule has 1 aromatic rings. The summed E-state index contributed by atoms with van der Waals surface area (Å²) in [6, 6.07) is 1.79. The molecule has 0 bridgehead atoms. The molecule has 0 radical (unpaired) electrons. The molecule has 2 heterocycles. The zero-order chi connectivity index (χ0) is 14.0. The normalized spacial score (nSPS) is 20.1. The average Bonchev–Trinajstić information content (AvgIpc) is 2.77. The molecule has 5 heteroatoms. The van der Waals surface area contributed by atoms with E-state index in [1.165, 1.54) is 6.20 Å². The van der Waals surface area contributed by atoms with Crippen LogP contribution in [0.4, 0.5) is 10.1 Å². The van der Waals surface area contributed by atoms with Gasteiger partial charge in [-0.25, -0.2) is 4.98 Å². The fourth-order valence-corrected chi connectivity index (χ4v) is 2.51. The maximum atomic E-state index is 13.7. The van der Waals surface area contributed by atoms with E-state index in [0.717, 1.165) is 30.6 Å². The Morgan fingerprint density at radius 3 is 2.95 bits per heavy atom. The fourth-order valence-electron chi connectivity index (χ4n) is 2.19. The summed E-state index contributed by atoms with van der Waals surface area (Å²) in [7, 11) is 0. The second-order valence-corrected chi connectivity index (χ2v) is 6.90. The van der Waals surface area contributed by atoms with Gasteiger partial charge >= 0.3 is 0 Å². The number of pyridine rings is 1. The molecule has 0 N–H and O–H groups in total. The van der Waals surface area contributed by atoms with Crippen LogP contribution in [0.25, 0.3) is 0 Å². The molecule has 106 valence electrons. The summed E-state index contributed by atoms with van der Waals surface area (Å²) in [6.07, 6.45) is 2.51. The summed E-state index contributed by atoms with van der Waals surface area (Å²) in [5.41, 5.74) is 0.461. The molecule has 3 nitrogen and oxygen atoms in total. The van der Waals surface area contributed by atoms with Crippen LogP contribution in [0, 0.1) is 11.9 Å². The van der Waals surface area contributed by atoms with Gasteiger partial charge in [-0.1, -0.05) is 0 Å². The van der Waals surface area contributed by atoms with E-state index < -0.39 is 5.95 Å². The highest BCUT2D eigenvalue weighted by Crippen LogP contribution is 2.28. The van der Waals surface area contributed by atoms with Crippen molar-refractivity contribution >= 4 is 21.6 Å². The van der Waals surface area contributed by atoms with Gasteiger partial charge in [-0.15, -0.1) is 0 Å². The Morgan fingerprint density at radius 1 is 1.53 bits per heavy atom. The lowest BCUT2D eigenvalue weighted by molar-refractivity contribution is -0.0189. The Bertz CT molecular complexity index is 448. The Morgan fingerprint density at radius 2 is 2.26 bits per heavy atom.